The topological polar surface area (TPSA) is 147 Å². The van der Waals surface area contributed by atoms with Crippen LogP contribution in [0.1, 0.15) is 32.4 Å². The van der Waals surface area contributed by atoms with Gasteiger partial charge < -0.3 is 26.6 Å². The molecule has 2 aromatic heterocycles. The number of aromatic hydroxyl groups is 2. The average Bonchev–Trinajstić information content (AvgIpc) is 3.06. The molecule has 6 N–H and O–H groups in total. The molecule has 3 rings (SSSR count). The SMILES string of the molecule is CC(N)CNc1nc(NCc2cc(O)c(Cl)cc2O)c2nnn(C(C)C)c2n1. The maximum atomic E-state index is 10.1. The number of fused-ring (bicyclic) bond motifs is 1. The molecule has 0 saturated carbocycles. The zero-order chi connectivity index (χ0) is 20.4. The molecule has 11 heteroatoms. The molecule has 2 heterocycles. The minimum Gasteiger partial charge on any atom is -0.508 e. The first-order valence-corrected chi connectivity index (χ1v) is 9.20. The van der Waals surface area contributed by atoms with E-state index in [1.165, 1.54) is 12.1 Å². The fraction of sp³-hybridized carbons (Fsp3) is 0.412. The van der Waals surface area contributed by atoms with Crippen LogP contribution in [-0.2, 0) is 6.54 Å². The minimum atomic E-state index is -0.117. The zero-order valence-corrected chi connectivity index (χ0v) is 16.6. The molecule has 0 radical (unpaired) electrons. The third-order valence-corrected chi connectivity index (χ3v) is 4.29. The van der Waals surface area contributed by atoms with E-state index >= 15 is 0 Å². The molecular formula is C17H23ClN8O2. The summed E-state index contributed by atoms with van der Waals surface area (Å²) in [5.41, 5.74) is 7.32. The van der Waals surface area contributed by atoms with E-state index in [0.717, 1.165) is 0 Å². The van der Waals surface area contributed by atoms with Gasteiger partial charge in [-0.15, -0.1) is 5.10 Å². The van der Waals surface area contributed by atoms with Crippen LogP contribution in [0.3, 0.4) is 0 Å². The van der Waals surface area contributed by atoms with Crippen molar-refractivity contribution in [1.82, 2.24) is 25.0 Å². The van der Waals surface area contributed by atoms with Crippen molar-refractivity contribution in [1.29, 1.82) is 0 Å². The fourth-order valence-corrected chi connectivity index (χ4v) is 2.71. The molecule has 0 aliphatic carbocycles. The molecule has 150 valence electrons. The monoisotopic (exact) mass is 406 g/mol. The number of benzene rings is 1. The Morgan fingerprint density at radius 2 is 1.89 bits per heavy atom. The summed E-state index contributed by atoms with van der Waals surface area (Å²) in [6, 6.07) is 2.67. The van der Waals surface area contributed by atoms with E-state index in [2.05, 4.69) is 30.9 Å². The molecule has 1 unspecified atom stereocenters. The Morgan fingerprint density at radius 1 is 1.14 bits per heavy atom. The second-order valence-corrected chi connectivity index (χ2v) is 7.25. The molecule has 1 aromatic carbocycles. The van der Waals surface area contributed by atoms with Gasteiger partial charge >= 0.3 is 0 Å². The van der Waals surface area contributed by atoms with Crippen LogP contribution in [0.4, 0.5) is 11.8 Å². The Morgan fingerprint density at radius 3 is 2.57 bits per heavy atom. The van der Waals surface area contributed by atoms with Crippen LogP contribution in [0.25, 0.3) is 11.2 Å². The van der Waals surface area contributed by atoms with E-state index < -0.39 is 0 Å². The largest absolute Gasteiger partial charge is 0.508 e. The van der Waals surface area contributed by atoms with Crippen molar-refractivity contribution in [2.45, 2.75) is 39.4 Å². The van der Waals surface area contributed by atoms with Crippen molar-refractivity contribution >= 4 is 34.5 Å². The first kappa shape index (κ1) is 19.9. The van der Waals surface area contributed by atoms with Crippen LogP contribution >= 0.6 is 11.6 Å². The van der Waals surface area contributed by atoms with Gasteiger partial charge in [0.15, 0.2) is 17.0 Å². The highest BCUT2D eigenvalue weighted by Gasteiger charge is 2.17. The first-order valence-electron chi connectivity index (χ1n) is 8.83. The van der Waals surface area contributed by atoms with E-state index in [1.807, 2.05) is 20.8 Å². The second-order valence-electron chi connectivity index (χ2n) is 6.84. The van der Waals surface area contributed by atoms with Crippen molar-refractivity contribution in [3.63, 3.8) is 0 Å². The number of aromatic nitrogens is 5. The molecule has 0 saturated heterocycles. The van der Waals surface area contributed by atoms with E-state index in [1.54, 1.807) is 4.68 Å². The Balaban J connectivity index is 1.95. The Hall–Kier alpha value is -2.85. The molecule has 0 aliphatic heterocycles. The number of phenolic OH excluding ortho intramolecular Hbond substituents is 2. The number of hydrogen-bond donors (Lipinski definition) is 5. The number of nitrogens with zero attached hydrogens (tertiary/aromatic N) is 5. The first-order chi connectivity index (χ1) is 13.3. The molecule has 1 atom stereocenters. The maximum Gasteiger partial charge on any atom is 0.226 e. The number of anilines is 2. The van der Waals surface area contributed by atoms with Gasteiger partial charge in [-0.3, -0.25) is 0 Å². The minimum absolute atomic E-state index is 0.0401. The van der Waals surface area contributed by atoms with Gasteiger partial charge in [0.2, 0.25) is 5.95 Å². The standard InChI is InChI=1S/C17H23ClN8O2/c1-8(2)26-16-14(24-25-26)15(22-17(23-16)21-6-9(3)19)20-7-10-4-13(28)11(18)5-12(10)27/h4-5,8-9,27-28H,6-7,19H2,1-3H3,(H2,20,21,22,23). The summed E-state index contributed by atoms with van der Waals surface area (Å²) in [7, 11) is 0. The number of halogens is 1. The van der Waals surface area contributed by atoms with Gasteiger partial charge in [-0.05, 0) is 26.8 Å². The number of rotatable bonds is 7. The van der Waals surface area contributed by atoms with Crippen molar-refractivity contribution in [2.75, 3.05) is 17.2 Å². The third kappa shape index (κ3) is 4.18. The van der Waals surface area contributed by atoms with Gasteiger partial charge in [-0.1, -0.05) is 16.8 Å². The highest BCUT2D eigenvalue weighted by molar-refractivity contribution is 6.32. The predicted octanol–water partition coefficient (Wildman–Crippen LogP) is 2.24. The molecule has 0 amide bonds. The smallest absolute Gasteiger partial charge is 0.226 e. The lowest BCUT2D eigenvalue weighted by Gasteiger charge is -2.12. The summed E-state index contributed by atoms with van der Waals surface area (Å²) in [5, 5.41) is 34.5. The summed E-state index contributed by atoms with van der Waals surface area (Å²) in [6.07, 6.45) is 0. The third-order valence-electron chi connectivity index (χ3n) is 3.99. The lowest BCUT2D eigenvalue weighted by atomic mass is 10.2. The molecular weight excluding hydrogens is 384 g/mol. The van der Waals surface area contributed by atoms with Crippen LogP contribution in [0, 0.1) is 0 Å². The highest BCUT2D eigenvalue weighted by atomic mass is 35.5. The second kappa shape index (κ2) is 8.03. The summed E-state index contributed by atoms with van der Waals surface area (Å²) in [6.45, 7) is 6.52. The van der Waals surface area contributed by atoms with Gasteiger partial charge in [-0.2, -0.15) is 9.97 Å². The van der Waals surface area contributed by atoms with Crippen LogP contribution < -0.4 is 16.4 Å². The van der Waals surface area contributed by atoms with E-state index in [-0.39, 0.29) is 35.2 Å². The number of phenols is 2. The lowest BCUT2D eigenvalue weighted by molar-refractivity contribution is 0.455. The molecule has 0 fully saturated rings. The van der Waals surface area contributed by atoms with Crippen LogP contribution in [-0.4, -0.2) is 47.8 Å². The van der Waals surface area contributed by atoms with Gasteiger partial charge in [0, 0.05) is 30.8 Å². The van der Waals surface area contributed by atoms with Gasteiger partial charge in [0.05, 0.1) is 11.1 Å². The molecule has 0 aliphatic rings. The number of nitrogens with one attached hydrogen (secondary N) is 2. The Kier molecular flexibility index (Phi) is 5.71. The van der Waals surface area contributed by atoms with Crippen molar-refractivity contribution < 1.29 is 10.2 Å². The summed E-state index contributed by atoms with van der Waals surface area (Å²) < 4.78 is 1.70. The van der Waals surface area contributed by atoms with Gasteiger partial charge in [0.25, 0.3) is 0 Å². The summed E-state index contributed by atoms with van der Waals surface area (Å²) in [4.78, 5) is 8.96. The maximum absolute atomic E-state index is 10.1. The van der Waals surface area contributed by atoms with Gasteiger partial charge in [-0.25, -0.2) is 4.68 Å². The molecule has 0 spiro atoms. The van der Waals surface area contributed by atoms with Crippen molar-refractivity contribution in [3.05, 3.63) is 22.7 Å². The van der Waals surface area contributed by atoms with E-state index in [9.17, 15) is 10.2 Å². The van der Waals surface area contributed by atoms with Gasteiger partial charge in [0.1, 0.15) is 11.5 Å². The Bertz CT molecular complexity index is 989. The molecule has 3 aromatic rings. The van der Waals surface area contributed by atoms with Crippen LogP contribution in [0.2, 0.25) is 5.02 Å². The summed E-state index contributed by atoms with van der Waals surface area (Å²) >= 11 is 5.80. The summed E-state index contributed by atoms with van der Waals surface area (Å²) in [5.74, 6) is 0.675. The van der Waals surface area contributed by atoms with Crippen LogP contribution in [0.15, 0.2) is 12.1 Å². The average molecular weight is 407 g/mol. The van der Waals surface area contributed by atoms with Crippen LogP contribution in [0.5, 0.6) is 11.5 Å². The van der Waals surface area contributed by atoms with E-state index in [0.29, 0.717) is 35.0 Å². The highest BCUT2D eigenvalue weighted by Crippen LogP contribution is 2.31. The quantitative estimate of drug-likeness (QED) is 0.372. The Labute approximate surface area is 166 Å². The van der Waals surface area contributed by atoms with Crippen molar-refractivity contribution in [2.24, 2.45) is 5.73 Å². The normalized spacial score (nSPS) is 12.5. The molecule has 0 bridgehead atoms. The predicted molar refractivity (Wildman–Crippen MR) is 108 cm³/mol. The molecule has 10 nitrogen and oxygen atoms in total. The zero-order valence-electron chi connectivity index (χ0n) is 15.8. The van der Waals surface area contributed by atoms with E-state index in [4.69, 9.17) is 17.3 Å². The number of nitrogens with two attached hydrogens (primary N) is 1. The lowest BCUT2D eigenvalue weighted by Crippen LogP contribution is -2.26. The number of hydrogen-bond acceptors (Lipinski definition) is 9. The fourth-order valence-electron chi connectivity index (χ4n) is 2.55. The molecule has 28 heavy (non-hydrogen) atoms. The van der Waals surface area contributed by atoms with Crippen molar-refractivity contribution in [3.8, 4) is 11.5 Å².